The number of aliphatic hydroxyl groups is 1. The molecule has 150 valence electrons. The molecule has 1 aliphatic heterocycles. The van der Waals surface area contributed by atoms with Crippen LogP contribution in [0.4, 0.5) is 0 Å². The van der Waals surface area contributed by atoms with Crippen molar-refractivity contribution in [3.05, 3.63) is 36.0 Å². The molecule has 2 aromatic rings. The van der Waals surface area contributed by atoms with Crippen molar-refractivity contribution in [2.24, 2.45) is 0 Å². The predicted molar refractivity (Wildman–Crippen MR) is 102 cm³/mol. The molecule has 1 saturated heterocycles. The molecular weight excluding hydrogens is 364 g/mol. The third kappa shape index (κ3) is 4.49. The van der Waals surface area contributed by atoms with E-state index in [2.05, 4.69) is 20.9 Å². The van der Waals surface area contributed by atoms with Crippen molar-refractivity contribution in [2.45, 2.75) is 37.4 Å². The van der Waals surface area contributed by atoms with Gasteiger partial charge in [-0.25, -0.2) is 4.79 Å². The van der Waals surface area contributed by atoms with Gasteiger partial charge < -0.3 is 31.1 Å². The number of H-pyrrole nitrogens is 1. The molecule has 3 atom stereocenters. The normalized spacial score (nSPS) is 18.5. The average molecular weight is 388 g/mol. The van der Waals surface area contributed by atoms with Crippen molar-refractivity contribution < 1.29 is 24.6 Å². The van der Waals surface area contributed by atoms with E-state index < -0.39 is 36.6 Å². The first-order chi connectivity index (χ1) is 13.5. The number of carbonyl (C=O) groups excluding carboxylic acids is 2. The van der Waals surface area contributed by atoms with Gasteiger partial charge >= 0.3 is 5.97 Å². The van der Waals surface area contributed by atoms with Gasteiger partial charge in [0.05, 0.1) is 12.6 Å². The summed E-state index contributed by atoms with van der Waals surface area (Å²) in [5.74, 6) is -2.31. The van der Waals surface area contributed by atoms with Crippen molar-refractivity contribution in [1.29, 1.82) is 0 Å². The van der Waals surface area contributed by atoms with Crippen LogP contribution >= 0.6 is 0 Å². The number of benzene rings is 1. The zero-order chi connectivity index (χ0) is 20.1. The number of aliphatic carboxylic acids is 1. The maximum Gasteiger partial charge on any atom is 0.326 e. The summed E-state index contributed by atoms with van der Waals surface area (Å²) in [7, 11) is 0. The first kappa shape index (κ1) is 19.8. The number of carbonyl (C=O) groups is 3. The highest BCUT2D eigenvalue weighted by atomic mass is 16.4. The van der Waals surface area contributed by atoms with Crippen LogP contribution < -0.4 is 16.0 Å². The summed E-state index contributed by atoms with van der Waals surface area (Å²) in [4.78, 5) is 39.3. The highest BCUT2D eigenvalue weighted by molar-refractivity contribution is 5.92. The lowest BCUT2D eigenvalue weighted by Crippen LogP contribution is -2.56. The standard InChI is InChI=1S/C19H24N4O5/c24-10-16(23-17(25)14-6-3-7-20-14)18(26)22-15(19(27)28)8-11-9-21-13-5-2-1-4-12(11)13/h1-2,4-5,9,14-16,20-21,24H,3,6-8,10H2,(H,22,26)(H,23,25)(H,27,28)/t14-,15-,16-/m0/s1. The number of para-hydroxylation sites is 1. The number of hydrogen-bond donors (Lipinski definition) is 6. The van der Waals surface area contributed by atoms with Gasteiger partial charge in [0.15, 0.2) is 0 Å². The Morgan fingerprint density at radius 2 is 1.96 bits per heavy atom. The summed E-state index contributed by atoms with van der Waals surface area (Å²) < 4.78 is 0. The number of hydrogen-bond acceptors (Lipinski definition) is 5. The molecule has 9 nitrogen and oxygen atoms in total. The minimum Gasteiger partial charge on any atom is -0.480 e. The number of aromatic amines is 1. The molecule has 0 spiro atoms. The van der Waals surface area contributed by atoms with Gasteiger partial charge in [0, 0.05) is 23.5 Å². The molecule has 1 aromatic heterocycles. The van der Waals surface area contributed by atoms with Crippen LogP contribution in [-0.4, -0.2) is 64.3 Å². The maximum atomic E-state index is 12.5. The number of amides is 2. The summed E-state index contributed by atoms with van der Waals surface area (Å²) in [5, 5.41) is 27.8. The largest absolute Gasteiger partial charge is 0.480 e. The molecule has 6 N–H and O–H groups in total. The molecule has 0 radical (unpaired) electrons. The van der Waals surface area contributed by atoms with E-state index in [1.807, 2.05) is 24.3 Å². The fourth-order valence-corrected chi connectivity index (χ4v) is 3.37. The van der Waals surface area contributed by atoms with Crippen molar-refractivity contribution in [2.75, 3.05) is 13.2 Å². The topological polar surface area (TPSA) is 144 Å². The van der Waals surface area contributed by atoms with Gasteiger partial charge in [0.25, 0.3) is 0 Å². The summed E-state index contributed by atoms with van der Waals surface area (Å²) in [6.07, 6.45) is 3.30. The summed E-state index contributed by atoms with van der Waals surface area (Å²) in [6, 6.07) is 4.66. The second kappa shape index (κ2) is 8.85. The Bertz CT molecular complexity index is 859. The molecule has 28 heavy (non-hydrogen) atoms. The van der Waals surface area contributed by atoms with Gasteiger partial charge in [0.2, 0.25) is 11.8 Å². The Morgan fingerprint density at radius 1 is 1.18 bits per heavy atom. The van der Waals surface area contributed by atoms with Crippen LogP contribution in [0, 0.1) is 0 Å². The van der Waals surface area contributed by atoms with E-state index in [0.29, 0.717) is 6.42 Å². The van der Waals surface area contributed by atoms with Crippen LogP contribution in [0.3, 0.4) is 0 Å². The molecule has 2 amide bonds. The summed E-state index contributed by atoms with van der Waals surface area (Å²) >= 11 is 0. The van der Waals surface area contributed by atoms with E-state index in [-0.39, 0.29) is 12.3 Å². The van der Waals surface area contributed by atoms with E-state index in [0.717, 1.165) is 29.4 Å². The monoisotopic (exact) mass is 388 g/mol. The third-order valence-corrected chi connectivity index (χ3v) is 4.91. The highest BCUT2D eigenvalue weighted by Crippen LogP contribution is 2.19. The number of fused-ring (bicyclic) bond motifs is 1. The number of aliphatic hydroxyl groups excluding tert-OH is 1. The Morgan fingerprint density at radius 3 is 2.64 bits per heavy atom. The molecule has 0 unspecified atom stereocenters. The smallest absolute Gasteiger partial charge is 0.326 e. The maximum absolute atomic E-state index is 12.5. The fourth-order valence-electron chi connectivity index (χ4n) is 3.37. The molecular formula is C19H24N4O5. The first-order valence-electron chi connectivity index (χ1n) is 9.22. The summed E-state index contributed by atoms with van der Waals surface area (Å²) in [5.41, 5.74) is 1.63. The zero-order valence-corrected chi connectivity index (χ0v) is 15.3. The molecule has 2 heterocycles. The Hall–Kier alpha value is -2.91. The summed E-state index contributed by atoms with van der Waals surface area (Å²) in [6.45, 7) is 0.101. The molecule has 9 heteroatoms. The molecule has 0 aliphatic carbocycles. The minimum atomic E-state index is -1.21. The fraction of sp³-hybridized carbons (Fsp3) is 0.421. The Kier molecular flexibility index (Phi) is 6.27. The van der Waals surface area contributed by atoms with Gasteiger partial charge in [-0.1, -0.05) is 18.2 Å². The number of rotatable bonds is 8. The van der Waals surface area contributed by atoms with E-state index in [9.17, 15) is 24.6 Å². The lowest BCUT2D eigenvalue weighted by molar-refractivity contribution is -0.142. The predicted octanol–water partition coefficient (Wildman–Crippen LogP) is -0.491. The SMILES string of the molecule is O=C(O)[C@H](Cc1c[nH]c2ccccc12)NC(=O)[C@H](CO)NC(=O)[C@@H]1CCCN1. The molecule has 0 saturated carbocycles. The van der Waals surface area contributed by atoms with Crippen LogP contribution in [-0.2, 0) is 20.8 Å². The third-order valence-electron chi connectivity index (χ3n) is 4.91. The first-order valence-corrected chi connectivity index (χ1v) is 9.22. The van der Waals surface area contributed by atoms with Crippen LogP contribution in [0.2, 0.25) is 0 Å². The number of aromatic nitrogens is 1. The van der Waals surface area contributed by atoms with E-state index in [1.165, 1.54) is 0 Å². The molecule has 1 fully saturated rings. The van der Waals surface area contributed by atoms with Gasteiger partial charge in [-0.2, -0.15) is 0 Å². The second-order valence-corrected chi connectivity index (χ2v) is 6.86. The lowest BCUT2D eigenvalue weighted by Gasteiger charge is -2.21. The highest BCUT2D eigenvalue weighted by Gasteiger charge is 2.29. The Balaban J connectivity index is 1.65. The second-order valence-electron chi connectivity index (χ2n) is 6.86. The van der Waals surface area contributed by atoms with Gasteiger partial charge in [0.1, 0.15) is 12.1 Å². The number of carboxylic acid groups (broad SMARTS) is 1. The molecule has 0 bridgehead atoms. The van der Waals surface area contributed by atoms with Gasteiger partial charge in [-0.3, -0.25) is 9.59 Å². The Labute approximate surface area is 161 Å². The minimum absolute atomic E-state index is 0.0708. The quantitative estimate of drug-likeness (QED) is 0.360. The van der Waals surface area contributed by atoms with Crippen molar-refractivity contribution >= 4 is 28.7 Å². The van der Waals surface area contributed by atoms with Crippen molar-refractivity contribution in [3.8, 4) is 0 Å². The molecule has 1 aliphatic rings. The number of carboxylic acids is 1. The van der Waals surface area contributed by atoms with Gasteiger partial charge in [-0.15, -0.1) is 0 Å². The molecule has 3 rings (SSSR count). The van der Waals surface area contributed by atoms with Crippen molar-refractivity contribution in [1.82, 2.24) is 20.9 Å². The van der Waals surface area contributed by atoms with Crippen LogP contribution in [0.5, 0.6) is 0 Å². The van der Waals surface area contributed by atoms with E-state index >= 15 is 0 Å². The van der Waals surface area contributed by atoms with Crippen LogP contribution in [0.15, 0.2) is 30.5 Å². The number of nitrogens with one attached hydrogen (secondary N) is 4. The van der Waals surface area contributed by atoms with Gasteiger partial charge in [-0.05, 0) is 31.0 Å². The van der Waals surface area contributed by atoms with E-state index in [1.54, 1.807) is 6.20 Å². The van der Waals surface area contributed by atoms with E-state index in [4.69, 9.17) is 0 Å². The molecule has 1 aromatic carbocycles. The zero-order valence-electron chi connectivity index (χ0n) is 15.3. The van der Waals surface area contributed by atoms with Crippen molar-refractivity contribution in [3.63, 3.8) is 0 Å². The average Bonchev–Trinajstić information content (AvgIpc) is 3.35. The van der Waals surface area contributed by atoms with Crippen LogP contribution in [0.25, 0.3) is 10.9 Å². The van der Waals surface area contributed by atoms with Crippen LogP contribution in [0.1, 0.15) is 18.4 Å². The lowest BCUT2D eigenvalue weighted by atomic mass is 10.0.